The Hall–Kier alpha value is -2.47. The fourth-order valence-electron chi connectivity index (χ4n) is 3.41. The standard InChI is InChI=1S/C20H22N4OS/c1-2-6-18-22-16(13-26-18)20(25)23-15-8-9-17(24-11-3-4-12-24)19-14(15)7-5-10-21-19/h5,7-10,13H,2-4,6,11-12H2,1H3,(H,23,25). The van der Waals surface area contributed by atoms with Crippen molar-refractivity contribution in [1.82, 2.24) is 9.97 Å². The van der Waals surface area contributed by atoms with Crippen LogP contribution in [0.2, 0.25) is 0 Å². The number of amides is 1. The number of rotatable bonds is 5. The van der Waals surface area contributed by atoms with Crippen molar-refractivity contribution < 1.29 is 4.79 Å². The Morgan fingerprint density at radius 3 is 2.92 bits per heavy atom. The quantitative estimate of drug-likeness (QED) is 0.722. The summed E-state index contributed by atoms with van der Waals surface area (Å²) in [6, 6.07) is 7.98. The van der Waals surface area contributed by atoms with Crippen LogP contribution in [0.3, 0.4) is 0 Å². The summed E-state index contributed by atoms with van der Waals surface area (Å²) in [5.74, 6) is -0.164. The monoisotopic (exact) mass is 366 g/mol. The van der Waals surface area contributed by atoms with Gasteiger partial charge in [-0.2, -0.15) is 0 Å². The molecule has 0 bridgehead atoms. The number of nitrogens with zero attached hydrogens (tertiary/aromatic N) is 3. The number of hydrogen-bond acceptors (Lipinski definition) is 5. The van der Waals surface area contributed by atoms with E-state index < -0.39 is 0 Å². The maximum absolute atomic E-state index is 12.6. The van der Waals surface area contributed by atoms with E-state index in [1.54, 1.807) is 11.3 Å². The van der Waals surface area contributed by atoms with Gasteiger partial charge in [0.1, 0.15) is 5.69 Å². The fraction of sp³-hybridized carbons (Fsp3) is 0.350. The molecule has 3 aromatic rings. The Bertz CT molecular complexity index is 930. The van der Waals surface area contributed by atoms with Gasteiger partial charge in [-0.1, -0.05) is 6.92 Å². The summed E-state index contributed by atoms with van der Waals surface area (Å²) >= 11 is 1.54. The number of anilines is 2. The molecule has 0 saturated carbocycles. The van der Waals surface area contributed by atoms with Crippen LogP contribution in [0.4, 0.5) is 11.4 Å². The minimum Gasteiger partial charge on any atom is -0.370 e. The molecule has 5 nitrogen and oxygen atoms in total. The zero-order valence-corrected chi connectivity index (χ0v) is 15.7. The van der Waals surface area contributed by atoms with Crippen molar-refractivity contribution in [2.24, 2.45) is 0 Å². The lowest BCUT2D eigenvalue weighted by molar-refractivity contribution is 0.102. The van der Waals surface area contributed by atoms with Crippen LogP contribution >= 0.6 is 11.3 Å². The summed E-state index contributed by atoms with van der Waals surface area (Å²) < 4.78 is 0. The lowest BCUT2D eigenvalue weighted by atomic mass is 10.1. The van der Waals surface area contributed by atoms with E-state index in [9.17, 15) is 4.79 Å². The van der Waals surface area contributed by atoms with Gasteiger partial charge in [0.2, 0.25) is 0 Å². The molecular weight excluding hydrogens is 344 g/mol. The molecule has 1 amide bonds. The molecule has 134 valence electrons. The van der Waals surface area contributed by atoms with Gasteiger partial charge < -0.3 is 10.2 Å². The molecule has 0 aliphatic carbocycles. The molecule has 3 heterocycles. The molecule has 4 rings (SSSR count). The van der Waals surface area contributed by atoms with Gasteiger partial charge in [-0.05, 0) is 49.9 Å². The van der Waals surface area contributed by atoms with E-state index in [0.717, 1.165) is 53.2 Å². The van der Waals surface area contributed by atoms with Crippen molar-refractivity contribution in [2.75, 3.05) is 23.3 Å². The summed E-state index contributed by atoms with van der Waals surface area (Å²) in [7, 11) is 0. The Balaban J connectivity index is 1.64. The average molecular weight is 366 g/mol. The summed E-state index contributed by atoms with van der Waals surface area (Å²) in [6.07, 6.45) is 6.19. The van der Waals surface area contributed by atoms with Gasteiger partial charge in [0.15, 0.2) is 0 Å². The predicted molar refractivity (Wildman–Crippen MR) is 107 cm³/mol. The second kappa shape index (κ2) is 7.41. The molecular formula is C20H22N4OS. The summed E-state index contributed by atoms with van der Waals surface area (Å²) in [5, 5.41) is 6.83. The molecule has 2 aromatic heterocycles. The number of aromatic nitrogens is 2. The van der Waals surface area contributed by atoms with E-state index in [1.165, 1.54) is 12.8 Å². The number of hydrogen-bond donors (Lipinski definition) is 1. The number of carbonyl (C=O) groups excluding carboxylic acids is 1. The van der Waals surface area contributed by atoms with E-state index >= 15 is 0 Å². The first-order chi connectivity index (χ1) is 12.8. The number of thiazole rings is 1. The molecule has 1 N–H and O–H groups in total. The van der Waals surface area contributed by atoms with Gasteiger partial charge in [-0.25, -0.2) is 4.98 Å². The van der Waals surface area contributed by atoms with Gasteiger partial charge >= 0.3 is 0 Å². The van der Waals surface area contributed by atoms with Gasteiger partial charge in [0.05, 0.1) is 21.9 Å². The van der Waals surface area contributed by atoms with Gasteiger partial charge in [-0.3, -0.25) is 9.78 Å². The van der Waals surface area contributed by atoms with Crippen molar-refractivity contribution >= 4 is 39.5 Å². The van der Waals surface area contributed by atoms with E-state index in [0.29, 0.717) is 5.69 Å². The molecule has 1 aliphatic heterocycles. The van der Waals surface area contributed by atoms with Crippen molar-refractivity contribution in [3.63, 3.8) is 0 Å². The van der Waals surface area contributed by atoms with E-state index in [1.807, 2.05) is 29.8 Å². The molecule has 6 heteroatoms. The minimum absolute atomic E-state index is 0.164. The number of carbonyl (C=O) groups is 1. The molecule has 1 saturated heterocycles. The first kappa shape index (κ1) is 17.0. The molecule has 0 unspecified atom stereocenters. The highest BCUT2D eigenvalue weighted by Gasteiger charge is 2.18. The van der Waals surface area contributed by atoms with E-state index in [-0.39, 0.29) is 5.91 Å². The van der Waals surface area contributed by atoms with Crippen LogP contribution in [0.5, 0.6) is 0 Å². The maximum atomic E-state index is 12.6. The third-order valence-corrected chi connectivity index (χ3v) is 5.60. The first-order valence-corrected chi connectivity index (χ1v) is 10.0. The van der Waals surface area contributed by atoms with Gasteiger partial charge in [0, 0.05) is 30.1 Å². The summed E-state index contributed by atoms with van der Waals surface area (Å²) in [5.41, 5.74) is 3.36. The smallest absolute Gasteiger partial charge is 0.275 e. The Morgan fingerprint density at radius 1 is 1.27 bits per heavy atom. The van der Waals surface area contributed by atoms with E-state index in [2.05, 4.69) is 33.2 Å². The van der Waals surface area contributed by atoms with Crippen molar-refractivity contribution in [3.05, 3.63) is 46.5 Å². The molecule has 1 aliphatic rings. The minimum atomic E-state index is -0.164. The second-order valence-electron chi connectivity index (χ2n) is 6.56. The summed E-state index contributed by atoms with van der Waals surface area (Å²) in [4.78, 5) is 24.0. The Morgan fingerprint density at radius 2 is 2.12 bits per heavy atom. The molecule has 0 atom stereocenters. The van der Waals surface area contributed by atoms with Crippen LogP contribution in [0.15, 0.2) is 35.8 Å². The SMILES string of the molecule is CCCc1nc(C(=O)Nc2ccc(N3CCCC3)c3ncccc23)cs1. The number of nitrogens with one attached hydrogen (secondary N) is 1. The van der Waals surface area contributed by atoms with Crippen molar-refractivity contribution in [3.8, 4) is 0 Å². The van der Waals surface area contributed by atoms with Crippen LogP contribution in [0.25, 0.3) is 10.9 Å². The third-order valence-electron chi connectivity index (χ3n) is 4.69. The fourth-order valence-corrected chi connectivity index (χ4v) is 4.29. The van der Waals surface area contributed by atoms with Crippen LogP contribution in [0, 0.1) is 0 Å². The van der Waals surface area contributed by atoms with Gasteiger partial charge in [-0.15, -0.1) is 11.3 Å². The third kappa shape index (κ3) is 3.29. The zero-order valence-electron chi connectivity index (χ0n) is 14.9. The number of pyridine rings is 1. The number of benzene rings is 1. The van der Waals surface area contributed by atoms with Crippen LogP contribution in [-0.2, 0) is 6.42 Å². The van der Waals surface area contributed by atoms with Gasteiger partial charge in [0.25, 0.3) is 5.91 Å². The van der Waals surface area contributed by atoms with Crippen LogP contribution in [0.1, 0.15) is 41.7 Å². The lowest BCUT2D eigenvalue weighted by Crippen LogP contribution is -2.18. The van der Waals surface area contributed by atoms with E-state index in [4.69, 9.17) is 0 Å². The Kier molecular flexibility index (Phi) is 4.84. The lowest BCUT2D eigenvalue weighted by Gasteiger charge is -2.20. The molecule has 0 spiro atoms. The zero-order chi connectivity index (χ0) is 17.9. The predicted octanol–water partition coefficient (Wildman–Crippen LogP) is 4.50. The second-order valence-corrected chi connectivity index (χ2v) is 7.50. The Labute approximate surface area is 157 Å². The van der Waals surface area contributed by atoms with Crippen LogP contribution < -0.4 is 10.2 Å². The van der Waals surface area contributed by atoms with Crippen LogP contribution in [-0.4, -0.2) is 29.0 Å². The first-order valence-electron chi connectivity index (χ1n) is 9.14. The molecule has 26 heavy (non-hydrogen) atoms. The normalized spacial score (nSPS) is 14.1. The maximum Gasteiger partial charge on any atom is 0.275 e. The summed E-state index contributed by atoms with van der Waals surface area (Å²) in [6.45, 7) is 4.25. The molecule has 1 fully saturated rings. The highest BCUT2D eigenvalue weighted by molar-refractivity contribution is 7.09. The number of fused-ring (bicyclic) bond motifs is 1. The van der Waals surface area contributed by atoms with Crippen molar-refractivity contribution in [2.45, 2.75) is 32.6 Å². The topological polar surface area (TPSA) is 58.1 Å². The molecule has 0 radical (unpaired) electrons. The largest absolute Gasteiger partial charge is 0.370 e. The number of aryl methyl sites for hydroxylation is 1. The average Bonchev–Trinajstić information content (AvgIpc) is 3.34. The highest BCUT2D eigenvalue weighted by Crippen LogP contribution is 2.32. The highest BCUT2D eigenvalue weighted by atomic mass is 32.1. The molecule has 1 aromatic carbocycles. The van der Waals surface area contributed by atoms with Crippen molar-refractivity contribution in [1.29, 1.82) is 0 Å².